The van der Waals surface area contributed by atoms with Crippen molar-refractivity contribution < 1.29 is 18.8 Å². The van der Waals surface area contributed by atoms with Crippen LogP contribution in [0.15, 0.2) is 62.8 Å². The maximum absolute atomic E-state index is 12.7. The van der Waals surface area contributed by atoms with Gasteiger partial charge in [-0.3, -0.25) is 24.1 Å². The minimum Gasteiger partial charge on any atom is -0.463 e. The van der Waals surface area contributed by atoms with Crippen LogP contribution in [0.4, 0.5) is 10.5 Å². The summed E-state index contributed by atoms with van der Waals surface area (Å²) in [5.41, 5.74) is 1.56. The normalized spacial score (nSPS) is 15.2. The van der Waals surface area contributed by atoms with E-state index in [4.69, 9.17) is 16.0 Å². The summed E-state index contributed by atoms with van der Waals surface area (Å²) in [5, 5.41) is 2.86. The maximum atomic E-state index is 12.7. The number of para-hydroxylation sites is 1. The molecule has 7 nitrogen and oxygen atoms in total. The minimum absolute atomic E-state index is 0.0405. The molecule has 2 heterocycles. The van der Waals surface area contributed by atoms with E-state index >= 15 is 0 Å². The molecule has 0 atom stereocenters. The number of hydrogen-bond acceptors (Lipinski definition) is 6. The second kappa shape index (κ2) is 8.41. The molecule has 31 heavy (non-hydrogen) atoms. The van der Waals surface area contributed by atoms with E-state index in [9.17, 15) is 19.2 Å². The molecule has 0 radical (unpaired) electrons. The number of hydrogen-bond donors (Lipinski definition) is 1. The molecule has 1 aliphatic rings. The number of fused-ring (bicyclic) bond motifs is 1. The number of imide groups is 1. The van der Waals surface area contributed by atoms with Gasteiger partial charge in [-0.2, -0.15) is 0 Å². The first-order valence-corrected chi connectivity index (χ1v) is 10.3. The van der Waals surface area contributed by atoms with E-state index in [1.165, 1.54) is 12.3 Å². The van der Waals surface area contributed by atoms with Crippen molar-refractivity contribution in [1.82, 2.24) is 4.90 Å². The number of thioether (sulfide) groups is 1. The average molecular weight is 455 g/mol. The standard InChI is InChI=1S/C22H15ClN2O5S/c1-12-6-7-14(9-16(12)23)24-19(26)10-25-21(28)18(31-22(25)29)8-13-11-30-17-5-3-2-4-15(17)20(13)27/h2-9,11H,10H2,1H3,(H,24,26)/b18-8-. The fourth-order valence-corrected chi connectivity index (χ4v) is 3.99. The van der Waals surface area contributed by atoms with Crippen molar-refractivity contribution in [3.05, 3.63) is 80.0 Å². The van der Waals surface area contributed by atoms with Crippen LogP contribution in [-0.2, 0) is 9.59 Å². The summed E-state index contributed by atoms with van der Waals surface area (Å²) in [7, 11) is 0. The number of carbonyl (C=O) groups is 3. The third kappa shape index (κ3) is 4.26. The SMILES string of the molecule is Cc1ccc(NC(=O)CN2C(=O)S/C(=C\c3coc4ccccc4c3=O)C2=O)cc1Cl. The number of anilines is 1. The molecule has 0 spiro atoms. The van der Waals surface area contributed by atoms with Crippen molar-refractivity contribution in [2.24, 2.45) is 0 Å². The lowest BCUT2D eigenvalue weighted by molar-refractivity contribution is -0.127. The second-order valence-electron chi connectivity index (χ2n) is 6.80. The van der Waals surface area contributed by atoms with E-state index < -0.39 is 23.6 Å². The number of nitrogens with zero attached hydrogens (tertiary/aromatic N) is 1. The lowest BCUT2D eigenvalue weighted by Crippen LogP contribution is -2.36. The van der Waals surface area contributed by atoms with E-state index in [-0.39, 0.29) is 15.9 Å². The summed E-state index contributed by atoms with van der Waals surface area (Å²) in [6.07, 6.45) is 2.55. The summed E-state index contributed by atoms with van der Waals surface area (Å²) in [6.45, 7) is 1.37. The Labute approximate surface area is 185 Å². The molecular weight excluding hydrogens is 440 g/mol. The van der Waals surface area contributed by atoms with Gasteiger partial charge >= 0.3 is 0 Å². The van der Waals surface area contributed by atoms with Crippen LogP contribution < -0.4 is 10.7 Å². The summed E-state index contributed by atoms with van der Waals surface area (Å²) in [6, 6.07) is 11.7. The molecule has 4 rings (SSSR count). The van der Waals surface area contributed by atoms with Crippen LogP contribution in [0.2, 0.25) is 5.02 Å². The zero-order valence-corrected chi connectivity index (χ0v) is 17.8. The number of rotatable bonds is 4. The van der Waals surface area contributed by atoms with Gasteiger partial charge in [0.15, 0.2) is 5.43 Å². The Morgan fingerprint density at radius 2 is 1.97 bits per heavy atom. The Bertz CT molecular complexity index is 1330. The molecule has 0 saturated carbocycles. The maximum Gasteiger partial charge on any atom is 0.294 e. The molecule has 0 aliphatic carbocycles. The van der Waals surface area contributed by atoms with Crippen LogP contribution in [0.5, 0.6) is 0 Å². The summed E-state index contributed by atoms with van der Waals surface area (Å²) in [5.74, 6) is -1.20. The summed E-state index contributed by atoms with van der Waals surface area (Å²) in [4.78, 5) is 50.8. The van der Waals surface area contributed by atoms with Crippen molar-refractivity contribution in [2.75, 3.05) is 11.9 Å². The van der Waals surface area contributed by atoms with E-state index in [1.54, 1.807) is 42.5 Å². The second-order valence-corrected chi connectivity index (χ2v) is 8.20. The minimum atomic E-state index is -0.653. The quantitative estimate of drug-likeness (QED) is 0.586. The van der Waals surface area contributed by atoms with E-state index in [0.717, 1.165) is 10.5 Å². The van der Waals surface area contributed by atoms with Gasteiger partial charge in [-0.05, 0) is 54.6 Å². The van der Waals surface area contributed by atoms with Gasteiger partial charge in [0.1, 0.15) is 18.4 Å². The number of amides is 3. The van der Waals surface area contributed by atoms with Crippen LogP contribution >= 0.6 is 23.4 Å². The zero-order valence-electron chi connectivity index (χ0n) is 16.2. The highest BCUT2D eigenvalue weighted by Gasteiger charge is 2.36. The van der Waals surface area contributed by atoms with Gasteiger partial charge in [0.2, 0.25) is 5.91 Å². The molecule has 3 amide bonds. The smallest absolute Gasteiger partial charge is 0.294 e. The van der Waals surface area contributed by atoms with E-state index in [0.29, 0.717) is 33.4 Å². The Kier molecular flexibility index (Phi) is 5.67. The molecule has 1 aliphatic heterocycles. The molecule has 1 N–H and O–H groups in total. The lowest BCUT2D eigenvalue weighted by Gasteiger charge is -2.13. The third-order valence-corrected chi connectivity index (χ3v) is 5.94. The van der Waals surface area contributed by atoms with Crippen molar-refractivity contribution >= 4 is 63.1 Å². The van der Waals surface area contributed by atoms with Crippen molar-refractivity contribution in [3.8, 4) is 0 Å². The molecule has 1 aromatic heterocycles. The monoisotopic (exact) mass is 454 g/mol. The number of benzene rings is 2. The van der Waals surface area contributed by atoms with Gasteiger partial charge in [-0.1, -0.05) is 29.8 Å². The number of carbonyl (C=O) groups excluding carboxylic acids is 3. The molecule has 156 valence electrons. The highest BCUT2D eigenvalue weighted by atomic mass is 35.5. The Morgan fingerprint density at radius 3 is 2.74 bits per heavy atom. The Morgan fingerprint density at radius 1 is 1.19 bits per heavy atom. The number of nitrogens with one attached hydrogen (secondary N) is 1. The van der Waals surface area contributed by atoms with Crippen LogP contribution in [0, 0.1) is 6.92 Å². The van der Waals surface area contributed by atoms with Gasteiger partial charge in [0, 0.05) is 10.7 Å². The Balaban J connectivity index is 1.52. The average Bonchev–Trinajstić information content (AvgIpc) is 3.00. The number of halogens is 1. The first-order valence-electron chi connectivity index (χ1n) is 9.15. The largest absolute Gasteiger partial charge is 0.463 e. The Hall–Kier alpha value is -3.36. The highest BCUT2D eigenvalue weighted by molar-refractivity contribution is 8.18. The summed E-state index contributed by atoms with van der Waals surface area (Å²) >= 11 is 6.71. The third-order valence-electron chi connectivity index (χ3n) is 4.62. The molecule has 3 aromatic rings. The van der Waals surface area contributed by atoms with Crippen molar-refractivity contribution in [3.63, 3.8) is 0 Å². The molecule has 1 saturated heterocycles. The zero-order chi connectivity index (χ0) is 22.1. The molecular formula is C22H15ClN2O5S. The van der Waals surface area contributed by atoms with Gasteiger partial charge in [-0.15, -0.1) is 0 Å². The molecule has 9 heteroatoms. The number of aryl methyl sites for hydroxylation is 1. The van der Waals surface area contributed by atoms with Crippen molar-refractivity contribution in [2.45, 2.75) is 6.92 Å². The highest BCUT2D eigenvalue weighted by Crippen LogP contribution is 2.32. The predicted molar refractivity (Wildman–Crippen MR) is 120 cm³/mol. The van der Waals surface area contributed by atoms with Crippen LogP contribution in [-0.4, -0.2) is 28.5 Å². The fraction of sp³-hybridized carbons (Fsp3) is 0.0909. The predicted octanol–water partition coefficient (Wildman–Crippen LogP) is 4.43. The van der Waals surface area contributed by atoms with Gasteiger partial charge in [0.05, 0.1) is 15.9 Å². The molecule has 0 bridgehead atoms. The molecule has 1 fully saturated rings. The molecule has 2 aromatic carbocycles. The molecule has 0 unspecified atom stereocenters. The van der Waals surface area contributed by atoms with Crippen LogP contribution in [0.1, 0.15) is 11.1 Å². The van der Waals surface area contributed by atoms with E-state index in [2.05, 4.69) is 5.32 Å². The van der Waals surface area contributed by atoms with Gasteiger partial charge in [-0.25, -0.2) is 0 Å². The fourth-order valence-electron chi connectivity index (χ4n) is 2.98. The van der Waals surface area contributed by atoms with Gasteiger partial charge < -0.3 is 9.73 Å². The van der Waals surface area contributed by atoms with Crippen molar-refractivity contribution in [1.29, 1.82) is 0 Å². The van der Waals surface area contributed by atoms with Crippen LogP contribution in [0.3, 0.4) is 0 Å². The first-order chi connectivity index (χ1) is 14.8. The van der Waals surface area contributed by atoms with Crippen LogP contribution in [0.25, 0.3) is 17.0 Å². The topological polar surface area (TPSA) is 96.7 Å². The first kappa shape index (κ1) is 20.9. The van der Waals surface area contributed by atoms with Gasteiger partial charge in [0.25, 0.3) is 11.1 Å². The van der Waals surface area contributed by atoms with E-state index in [1.807, 2.05) is 6.92 Å². The lowest BCUT2D eigenvalue weighted by atomic mass is 10.1. The summed E-state index contributed by atoms with van der Waals surface area (Å²) < 4.78 is 5.43.